The van der Waals surface area contributed by atoms with Crippen molar-refractivity contribution >= 4 is 24.3 Å². The minimum absolute atomic E-state index is 0. The smallest absolute Gasteiger partial charge is 0.323 e. The quantitative estimate of drug-likeness (QED) is 0.763. The molecule has 138 valence electrons. The molecule has 0 aliphatic carbocycles. The molecule has 2 aromatic rings. The van der Waals surface area contributed by atoms with Gasteiger partial charge in [-0.15, -0.1) is 12.4 Å². The van der Waals surface area contributed by atoms with Gasteiger partial charge in [-0.3, -0.25) is 9.59 Å². The Morgan fingerprint density at radius 3 is 2.12 bits per heavy atom. The molecule has 1 saturated heterocycles. The number of hydrogen-bond acceptors (Lipinski definition) is 4. The van der Waals surface area contributed by atoms with Gasteiger partial charge in [0, 0.05) is 0 Å². The molecule has 1 atom stereocenters. The van der Waals surface area contributed by atoms with E-state index >= 15 is 0 Å². The summed E-state index contributed by atoms with van der Waals surface area (Å²) in [5.41, 5.74) is 1.96. The third-order valence-electron chi connectivity index (χ3n) is 4.26. The first-order chi connectivity index (χ1) is 12.2. The summed E-state index contributed by atoms with van der Waals surface area (Å²) in [4.78, 5) is 24.2. The molecule has 2 N–H and O–H groups in total. The molecule has 0 spiro atoms. The van der Waals surface area contributed by atoms with E-state index in [4.69, 9.17) is 4.74 Å². The zero-order valence-electron chi connectivity index (χ0n) is 14.4. The van der Waals surface area contributed by atoms with E-state index in [1.165, 1.54) is 0 Å². The maximum absolute atomic E-state index is 12.3. The number of amides is 1. The van der Waals surface area contributed by atoms with E-state index in [9.17, 15) is 9.59 Å². The van der Waals surface area contributed by atoms with Crippen molar-refractivity contribution in [3.8, 4) is 0 Å². The van der Waals surface area contributed by atoms with Gasteiger partial charge in [-0.05, 0) is 30.5 Å². The second kappa shape index (κ2) is 9.94. The zero-order chi connectivity index (χ0) is 17.5. The Bertz CT molecular complexity index is 664. The first-order valence-corrected chi connectivity index (χ1v) is 8.53. The normalized spacial score (nSPS) is 16.0. The number of rotatable bonds is 6. The molecule has 5 nitrogen and oxygen atoms in total. The maximum Gasteiger partial charge on any atom is 0.323 e. The Morgan fingerprint density at radius 1 is 1.04 bits per heavy atom. The Kier molecular flexibility index (Phi) is 7.63. The fourth-order valence-electron chi connectivity index (χ4n) is 2.98. The molecule has 0 aromatic heterocycles. The van der Waals surface area contributed by atoms with Crippen molar-refractivity contribution in [1.82, 2.24) is 10.6 Å². The second-order valence-corrected chi connectivity index (χ2v) is 6.08. The zero-order valence-corrected chi connectivity index (χ0v) is 15.2. The standard InChI is InChI=1S/C20H22N2O3.ClH/c23-18(14-25-20(24)17-12-7-13-21-17)22-19(15-8-3-1-4-9-15)16-10-5-2-6-11-16;/h1-6,8-11,17,19,21H,7,12-14H2,(H,22,23);1H. The van der Waals surface area contributed by atoms with Crippen LogP contribution in [0.2, 0.25) is 0 Å². The van der Waals surface area contributed by atoms with Gasteiger partial charge in [-0.25, -0.2) is 0 Å². The van der Waals surface area contributed by atoms with Crippen LogP contribution in [0.3, 0.4) is 0 Å². The molecule has 1 amide bonds. The highest BCUT2D eigenvalue weighted by atomic mass is 35.5. The lowest BCUT2D eigenvalue weighted by Crippen LogP contribution is -2.37. The first-order valence-electron chi connectivity index (χ1n) is 8.53. The van der Waals surface area contributed by atoms with Gasteiger partial charge in [-0.2, -0.15) is 0 Å². The summed E-state index contributed by atoms with van der Waals surface area (Å²) in [6.45, 7) is 0.545. The third kappa shape index (κ3) is 5.31. The minimum atomic E-state index is -0.358. The fraction of sp³-hybridized carbons (Fsp3) is 0.300. The van der Waals surface area contributed by atoms with E-state index in [1.54, 1.807) is 0 Å². The van der Waals surface area contributed by atoms with Crippen LogP contribution in [-0.4, -0.2) is 31.1 Å². The summed E-state index contributed by atoms with van der Waals surface area (Å²) in [6.07, 6.45) is 1.72. The molecule has 6 heteroatoms. The third-order valence-corrected chi connectivity index (χ3v) is 4.26. The van der Waals surface area contributed by atoms with E-state index in [2.05, 4.69) is 10.6 Å². The fourth-order valence-corrected chi connectivity index (χ4v) is 2.98. The summed E-state index contributed by atoms with van der Waals surface area (Å²) >= 11 is 0. The highest BCUT2D eigenvalue weighted by Crippen LogP contribution is 2.21. The summed E-state index contributed by atoms with van der Waals surface area (Å²) in [5, 5.41) is 6.03. The van der Waals surface area contributed by atoms with E-state index in [-0.39, 0.29) is 43.0 Å². The van der Waals surface area contributed by atoms with E-state index in [0.29, 0.717) is 0 Å². The number of benzene rings is 2. The first kappa shape index (κ1) is 19.9. The molecule has 2 aromatic carbocycles. The van der Waals surface area contributed by atoms with Crippen molar-refractivity contribution in [3.63, 3.8) is 0 Å². The van der Waals surface area contributed by atoms with E-state index < -0.39 is 0 Å². The lowest BCUT2D eigenvalue weighted by Gasteiger charge is -2.20. The lowest BCUT2D eigenvalue weighted by atomic mass is 9.99. The highest BCUT2D eigenvalue weighted by molar-refractivity contribution is 5.85. The van der Waals surface area contributed by atoms with E-state index in [0.717, 1.165) is 30.5 Å². The van der Waals surface area contributed by atoms with Crippen LogP contribution in [0.15, 0.2) is 60.7 Å². The van der Waals surface area contributed by atoms with Gasteiger partial charge in [-0.1, -0.05) is 60.7 Å². The molecular weight excluding hydrogens is 352 g/mol. The van der Waals surface area contributed by atoms with Crippen molar-refractivity contribution in [3.05, 3.63) is 71.8 Å². The molecule has 1 fully saturated rings. The molecule has 1 aliphatic rings. The van der Waals surface area contributed by atoms with E-state index in [1.807, 2.05) is 60.7 Å². The predicted molar refractivity (Wildman–Crippen MR) is 102 cm³/mol. The Hall–Kier alpha value is -2.37. The predicted octanol–water partition coefficient (Wildman–Crippen LogP) is 2.61. The molecule has 0 saturated carbocycles. The number of ether oxygens (including phenoxy) is 1. The second-order valence-electron chi connectivity index (χ2n) is 6.08. The van der Waals surface area contributed by atoms with Crippen molar-refractivity contribution in [2.75, 3.05) is 13.2 Å². The number of halogens is 1. The van der Waals surface area contributed by atoms with Gasteiger partial charge in [0.25, 0.3) is 5.91 Å². The van der Waals surface area contributed by atoms with Crippen LogP contribution in [0, 0.1) is 0 Å². The molecule has 0 radical (unpaired) electrons. The van der Waals surface area contributed by atoms with Crippen LogP contribution in [0.5, 0.6) is 0 Å². The van der Waals surface area contributed by atoms with Crippen molar-refractivity contribution < 1.29 is 14.3 Å². The van der Waals surface area contributed by atoms with Crippen molar-refractivity contribution in [1.29, 1.82) is 0 Å². The van der Waals surface area contributed by atoms with Crippen LogP contribution in [0.1, 0.15) is 30.0 Å². The minimum Gasteiger partial charge on any atom is -0.454 e. The van der Waals surface area contributed by atoms with Gasteiger partial charge in [0.2, 0.25) is 0 Å². The van der Waals surface area contributed by atoms with Crippen molar-refractivity contribution in [2.24, 2.45) is 0 Å². The van der Waals surface area contributed by atoms with Gasteiger partial charge < -0.3 is 15.4 Å². The van der Waals surface area contributed by atoms with Crippen LogP contribution >= 0.6 is 12.4 Å². The summed E-state index contributed by atoms with van der Waals surface area (Å²) in [5.74, 6) is -0.673. The van der Waals surface area contributed by atoms with Gasteiger partial charge in [0.15, 0.2) is 6.61 Å². The maximum atomic E-state index is 12.3. The topological polar surface area (TPSA) is 67.4 Å². The van der Waals surface area contributed by atoms with Crippen LogP contribution in [0.25, 0.3) is 0 Å². The molecule has 3 rings (SSSR count). The molecule has 1 aliphatic heterocycles. The van der Waals surface area contributed by atoms with Crippen LogP contribution in [0.4, 0.5) is 0 Å². The van der Waals surface area contributed by atoms with Gasteiger partial charge in [0.1, 0.15) is 6.04 Å². The van der Waals surface area contributed by atoms with Gasteiger partial charge in [0.05, 0.1) is 6.04 Å². The summed E-state index contributed by atoms with van der Waals surface area (Å²) in [7, 11) is 0. The van der Waals surface area contributed by atoms with Crippen LogP contribution < -0.4 is 10.6 Å². The van der Waals surface area contributed by atoms with Crippen LogP contribution in [-0.2, 0) is 14.3 Å². The SMILES string of the molecule is Cl.O=C(COC(=O)C1CCCN1)NC(c1ccccc1)c1ccccc1. The summed E-state index contributed by atoms with van der Waals surface area (Å²) in [6, 6.07) is 18.9. The monoisotopic (exact) mass is 374 g/mol. The number of carbonyl (C=O) groups is 2. The lowest BCUT2D eigenvalue weighted by molar-refractivity contribution is -0.150. The average molecular weight is 375 g/mol. The molecule has 1 unspecified atom stereocenters. The Balaban J connectivity index is 0.00000243. The Labute approximate surface area is 159 Å². The number of esters is 1. The Morgan fingerprint density at radius 2 is 1.62 bits per heavy atom. The van der Waals surface area contributed by atoms with Gasteiger partial charge >= 0.3 is 5.97 Å². The molecular formula is C20H23ClN2O3. The largest absolute Gasteiger partial charge is 0.454 e. The molecule has 0 bridgehead atoms. The van der Waals surface area contributed by atoms with Crippen molar-refractivity contribution in [2.45, 2.75) is 24.9 Å². The molecule has 26 heavy (non-hydrogen) atoms. The average Bonchev–Trinajstić information content (AvgIpc) is 3.20. The number of nitrogens with one attached hydrogen (secondary N) is 2. The number of hydrogen-bond donors (Lipinski definition) is 2. The number of carbonyl (C=O) groups excluding carboxylic acids is 2. The highest BCUT2D eigenvalue weighted by Gasteiger charge is 2.24. The summed E-state index contributed by atoms with van der Waals surface area (Å²) < 4.78 is 5.15. The molecule has 1 heterocycles.